The van der Waals surface area contributed by atoms with Crippen LogP contribution in [-0.2, 0) is 4.74 Å². The molecule has 2 unspecified atom stereocenters. The lowest BCUT2D eigenvalue weighted by Gasteiger charge is -2.41. The molecule has 2 heteroatoms. The van der Waals surface area contributed by atoms with Crippen LogP contribution >= 0.6 is 15.9 Å². The predicted molar refractivity (Wildman–Crippen MR) is 76.7 cm³/mol. The lowest BCUT2D eigenvalue weighted by atomic mass is 9.79. The number of hydrogen-bond donors (Lipinski definition) is 0. The molecule has 1 nitrogen and oxygen atoms in total. The van der Waals surface area contributed by atoms with Gasteiger partial charge in [-0.3, -0.25) is 0 Å². The predicted octanol–water partition coefficient (Wildman–Crippen LogP) is 5.07. The molecule has 2 saturated carbocycles. The van der Waals surface area contributed by atoms with Gasteiger partial charge < -0.3 is 4.74 Å². The Labute approximate surface area is 115 Å². The second-order valence-electron chi connectivity index (χ2n) is 6.25. The lowest BCUT2D eigenvalue weighted by molar-refractivity contribution is -0.110. The van der Waals surface area contributed by atoms with Crippen LogP contribution in [-0.4, -0.2) is 17.0 Å². The molecule has 0 aromatic heterocycles. The Hall–Kier alpha value is 0.440. The summed E-state index contributed by atoms with van der Waals surface area (Å²) in [6.07, 6.45) is 14.0. The fourth-order valence-electron chi connectivity index (χ4n) is 3.59. The first-order valence-electron chi connectivity index (χ1n) is 7.48. The summed E-state index contributed by atoms with van der Waals surface area (Å²) < 4.78 is 6.57. The first kappa shape index (κ1) is 13.9. The Kier molecular flexibility index (Phi) is 5.35. The van der Waals surface area contributed by atoms with Gasteiger partial charge in [0, 0.05) is 5.33 Å². The zero-order valence-corrected chi connectivity index (χ0v) is 12.8. The molecule has 0 aromatic rings. The quantitative estimate of drug-likeness (QED) is 0.522. The number of halogens is 1. The average molecular weight is 303 g/mol. The van der Waals surface area contributed by atoms with E-state index in [1.165, 1.54) is 64.2 Å². The topological polar surface area (TPSA) is 9.23 Å². The first-order valence-corrected chi connectivity index (χ1v) is 8.60. The van der Waals surface area contributed by atoms with Gasteiger partial charge in [0.1, 0.15) is 0 Å². The summed E-state index contributed by atoms with van der Waals surface area (Å²) in [5.74, 6) is 0.840. The normalized spacial score (nSPS) is 36.7. The standard InChI is InChI=1S/C15H27BrO/c1-13-7-6-10-15(11-13,12-16)17-14-8-4-2-3-5-9-14/h13-14H,2-12H2,1H3. The van der Waals surface area contributed by atoms with Crippen LogP contribution in [0.4, 0.5) is 0 Å². The van der Waals surface area contributed by atoms with Gasteiger partial charge in [0.05, 0.1) is 11.7 Å². The minimum atomic E-state index is 0.159. The van der Waals surface area contributed by atoms with Crippen LogP contribution in [0.5, 0.6) is 0 Å². The largest absolute Gasteiger partial charge is 0.371 e. The maximum absolute atomic E-state index is 6.57. The summed E-state index contributed by atoms with van der Waals surface area (Å²) >= 11 is 3.72. The molecule has 0 N–H and O–H groups in total. The van der Waals surface area contributed by atoms with Gasteiger partial charge in [-0.15, -0.1) is 0 Å². The Morgan fingerprint density at radius 2 is 1.76 bits per heavy atom. The summed E-state index contributed by atoms with van der Waals surface area (Å²) in [5, 5.41) is 1.03. The summed E-state index contributed by atoms with van der Waals surface area (Å²) in [6.45, 7) is 2.38. The van der Waals surface area contributed by atoms with Crippen molar-refractivity contribution in [2.75, 3.05) is 5.33 Å². The van der Waals surface area contributed by atoms with Gasteiger partial charge in [-0.2, -0.15) is 0 Å². The lowest BCUT2D eigenvalue weighted by Crippen LogP contribution is -2.42. The van der Waals surface area contributed by atoms with Gasteiger partial charge in [-0.1, -0.05) is 61.4 Å². The van der Waals surface area contributed by atoms with Crippen molar-refractivity contribution in [1.29, 1.82) is 0 Å². The van der Waals surface area contributed by atoms with E-state index in [0.29, 0.717) is 6.10 Å². The van der Waals surface area contributed by atoms with Gasteiger partial charge in [0.25, 0.3) is 0 Å². The molecule has 0 saturated heterocycles. The van der Waals surface area contributed by atoms with E-state index in [0.717, 1.165) is 11.2 Å². The number of ether oxygens (including phenoxy) is 1. The third-order valence-corrected chi connectivity index (χ3v) is 5.53. The highest BCUT2D eigenvalue weighted by Gasteiger charge is 2.37. The zero-order valence-electron chi connectivity index (χ0n) is 11.2. The molecule has 17 heavy (non-hydrogen) atoms. The Bertz CT molecular complexity index is 223. The van der Waals surface area contributed by atoms with Crippen molar-refractivity contribution in [2.24, 2.45) is 5.92 Å². The average Bonchev–Trinajstić information content (AvgIpc) is 2.57. The first-order chi connectivity index (χ1) is 8.24. The molecule has 0 aliphatic heterocycles. The summed E-state index contributed by atoms with van der Waals surface area (Å²) in [7, 11) is 0. The van der Waals surface area contributed by atoms with E-state index >= 15 is 0 Å². The molecule has 0 bridgehead atoms. The van der Waals surface area contributed by atoms with E-state index in [1.807, 2.05) is 0 Å². The van der Waals surface area contributed by atoms with Crippen LogP contribution in [0.2, 0.25) is 0 Å². The minimum Gasteiger partial charge on any atom is -0.371 e. The third kappa shape index (κ3) is 3.96. The van der Waals surface area contributed by atoms with E-state index in [-0.39, 0.29) is 5.60 Å². The minimum absolute atomic E-state index is 0.159. The zero-order chi connectivity index (χ0) is 12.1. The second-order valence-corrected chi connectivity index (χ2v) is 6.81. The number of alkyl halides is 1. The molecule has 2 aliphatic carbocycles. The smallest absolute Gasteiger partial charge is 0.0785 e. The van der Waals surface area contributed by atoms with Gasteiger partial charge in [-0.05, 0) is 31.6 Å². The van der Waals surface area contributed by atoms with Crippen molar-refractivity contribution in [3.8, 4) is 0 Å². The van der Waals surface area contributed by atoms with Crippen LogP contribution in [0.1, 0.15) is 71.1 Å². The fraction of sp³-hybridized carbons (Fsp3) is 1.00. The Morgan fingerprint density at radius 1 is 1.06 bits per heavy atom. The van der Waals surface area contributed by atoms with E-state index in [4.69, 9.17) is 4.74 Å². The summed E-state index contributed by atoms with van der Waals surface area (Å²) in [4.78, 5) is 0. The molecule has 2 aliphatic rings. The van der Waals surface area contributed by atoms with E-state index < -0.39 is 0 Å². The third-order valence-electron chi connectivity index (χ3n) is 4.51. The van der Waals surface area contributed by atoms with Crippen molar-refractivity contribution in [2.45, 2.75) is 82.8 Å². The van der Waals surface area contributed by atoms with Crippen molar-refractivity contribution < 1.29 is 4.74 Å². The Morgan fingerprint density at radius 3 is 2.35 bits per heavy atom. The molecule has 2 rings (SSSR count). The highest BCUT2D eigenvalue weighted by Crippen LogP contribution is 2.39. The molecular weight excluding hydrogens is 276 g/mol. The molecular formula is C15H27BrO. The van der Waals surface area contributed by atoms with Crippen LogP contribution < -0.4 is 0 Å². The van der Waals surface area contributed by atoms with E-state index in [9.17, 15) is 0 Å². The van der Waals surface area contributed by atoms with Crippen molar-refractivity contribution in [3.63, 3.8) is 0 Å². The van der Waals surface area contributed by atoms with E-state index in [2.05, 4.69) is 22.9 Å². The monoisotopic (exact) mass is 302 g/mol. The molecule has 0 radical (unpaired) electrons. The number of rotatable bonds is 3. The van der Waals surface area contributed by atoms with Crippen LogP contribution in [0, 0.1) is 5.92 Å². The maximum atomic E-state index is 6.57. The van der Waals surface area contributed by atoms with Gasteiger partial charge in [0.15, 0.2) is 0 Å². The SMILES string of the molecule is CC1CCCC(CBr)(OC2CCCCCC2)C1. The summed E-state index contributed by atoms with van der Waals surface area (Å²) in [5.41, 5.74) is 0.159. The van der Waals surface area contributed by atoms with Crippen molar-refractivity contribution in [3.05, 3.63) is 0 Å². The molecule has 2 atom stereocenters. The molecule has 2 fully saturated rings. The highest BCUT2D eigenvalue weighted by atomic mass is 79.9. The number of hydrogen-bond acceptors (Lipinski definition) is 1. The van der Waals surface area contributed by atoms with Crippen LogP contribution in [0.3, 0.4) is 0 Å². The fourth-order valence-corrected chi connectivity index (χ4v) is 4.23. The van der Waals surface area contributed by atoms with Gasteiger partial charge in [0.2, 0.25) is 0 Å². The summed E-state index contributed by atoms with van der Waals surface area (Å²) in [6, 6.07) is 0. The maximum Gasteiger partial charge on any atom is 0.0785 e. The molecule has 0 spiro atoms. The highest BCUT2D eigenvalue weighted by molar-refractivity contribution is 9.09. The van der Waals surface area contributed by atoms with Crippen LogP contribution in [0.25, 0.3) is 0 Å². The second kappa shape index (κ2) is 6.56. The van der Waals surface area contributed by atoms with Crippen LogP contribution in [0.15, 0.2) is 0 Å². The molecule has 100 valence electrons. The molecule has 0 aromatic carbocycles. The van der Waals surface area contributed by atoms with Gasteiger partial charge >= 0.3 is 0 Å². The molecule has 0 heterocycles. The van der Waals surface area contributed by atoms with Crippen molar-refractivity contribution >= 4 is 15.9 Å². The Balaban J connectivity index is 1.92. The van der Waals surface area contributed by atoms with Gasteiger partial charge in [-0.25, -0.2) is 0 Å². The molecule has 0 amide bonds. The van der Waals surface area contributed by atoms with Crippen molar-refractivity contribution in [1.82, 2.24) is 0 Å². The van der Waals surface area contributed by atoms with E-state index in [1.54, 1.807) is 0 Å².